The lowest BCUT2D eigenvalue weighted by atomic mass is 10.3. The summed E-state index contributed by atoms with van der Waals surface area (Å²) in [4.78, 5) is 39.0. The maximum Gasteiger partial charge on any atom is 0.336 e. The number of esters is 1. The second kappa shape index (κ2) is 6.14. The van der Waals surface area contributed by atoms with E-state index >= 15 is 0 Å². The third kappa shape index (κ3) is 3.06. The van der Waals surface area contributed by atoms with Crippen LogP contribution in [0.25, 0.3) is 5.65 Å². The highest BCUT2D eigenvalue weighted by molar-refractivity contribution is 5.94. The van der Waals surface area contributed by atoms with Crippen molar-refractivity contribution in [2.24, 2.45) is 0 Å². The Morgan fingerprint density at radius 3 is 2.95 bits per heavy atom. The van der Waals surface area contributed by atoms with Gasteiger partial charge in [0.1, 0.15) is 11.2 Å². The van der Waals surface area contributed by atoms with E-state index in [9.17, 15) is 19.5 Å². The second-order valence-electron chi connectivity index (χ2n) is 4.15. The molecule has 2 aromatic heterocycles. The minimum atomic E-state index is -1.49. The fraction of sp³-hybridized carbons (Fsp3) is 0.231. The maximum absolute atomic E-state index is 12.1. The Labute approximate surface area is 119 Å². The summed E-state index contributed by atoms with van der Waals surface area (Å²) in [5.74, 6) is -1.60. The number of carbonyl (C=O) groups is 2. The molecule has 1 unspecified atom stereocenters. The molecule has 0 fully saturated rings. The average Bonchev–Trinajstić information content (AvgIpc) is 2.52. The molecule has 2 aromatic rings. The summed E-state index contributed by atoms with van der Waals surface area (Å²) < 4.78 is 5.54. The summed E-state index contributed by atoms with van der Waals surface area (Å²) in [7, 11) is 1.12. The molecular formula is C13H13N3O5. The zero-order valence-electron chi connectivity index (χ0n) is 11.1. The third-order valence-electron chi connectivity index (χ3n) is 2.79. The Balaban J connectivity index is 2.19. The van der Waals surface area contributed by atoms with E-state index in [1.165, 1.54) is 10.6 Å². The van der Waals surface area contributed by atoms with Gasteiger partial charge in [0.15, 0.2) is 6.10 Å². The Bertz CT molecular complexity index is 740. The fourth-order valence-corrected chi connectivity index (χ4v) is 1.69. The van der Waals surface area contributed by atoms with Crippen molar-refractivity contribution in [2.75, 3.05) is 13.7 Å². The average molecular weight is 291 g/mol. The number of aromatic nitrogens is 2. The van der Waals surface area contributed by atoms with Gasteiger partial charge in [0.2, 0.25) is 0 Å². The van der Waals surface area contributed by atoms with Gasteiger partial charge >= 0.3 is 5.97 Å². The number of hydrogen-bond donors (Lipinski definition) is 2. The van der Waals surface area contributed by atoms with E-state index in [0.29, 0.717) is 5.65 Å². The van der Waals surface area contributed by atoms with Crippen LogP contribution in [0.3, 0.4) is 0 Å². The van der Waals surface area contributed by atoms with Gasteiger partial charge in [-0.3, -0.25) is 14.0 Å². The molecule has 8 heteroatoms. The number of pyridine rings is 1. The molecule has 0 aliphatic rings. The molecule has 0 spiro atoms. The number of nitrogens with one attached hydrogen (secondary N) is 1. The summed E-state index contributed by atoms with van der Waals surface area (Å²) in [5, 5.41) is 11.6. The van der Waals surface area contributed by atoms with Crippen LogP contribution in [0, 0.1) is 0 Å². The lowest BCUT2D eigenvalue weighted by Gasteiger charge is -2.09. The van der Waals surface area contributed by atoms with Crippen LogP contribution >= 0.6 is 0 Å². The van der Waals surface area contributed by atoms with Crippen molar-refractivity contribution in [3.05, 3.63) is 46.5 Å². The summed E-state index contributed by atoms with van der Waals surface area (Å²) in [5.41, 5.74) is -0.310. The van der Waals surface area contributed by atoms with Crippen molar-refractivity contribution >= 4 is 17.5 Å². The summed E-state index contributed by atoms with van der Waals surface area (Å²) in [6.07, 6.45) is 1.15. The maximum atomic E-state index is 12.1. The highest BCUT2D eigenvalue weighted by Gasteiger charge is 2.18. The Morgan fingerprint density at radius 1 is 1.48 bits per heavy atom. The first-order chi connectivity index (χ1) is 10.0. The topological polar surface area (TPSA) is 110 Å². The lowest BCUT2D eigenvalue weighted by molar-refractivity contribution is -0.149. The zero-order valence-corrected chi connectivity index (χ0v) is 11.1. The molecule has 1 atom stereocenters. The van der Waals surface area contributed by atoms with Gasteiger partial charge in [0.25, 0.3) is 11.5 Å². The normalized spacial score (nSPS) is 11.9. The van der Waals surface area contributed by atoms with Crippen LogP contribution < -0.4 is 10.9 Å². The first-order valence-corrected chi connectivity index (χ1v) is 6.05. The summed E-state index contributed by atoms with van der Waals surface area (Å²) in [6.45, 7) is -0.359. The fourth-order valence-electron chi connectivity index (χ4n) is 1.69. The van der Waals surface area contributed by atoms with Crippen LogP contribution in [0.2, 0.25) is 0 Å². The minimum absolute atomic E-state index is 0.184. The van der Waals surface area contributed by atoms with E-state index in [1.54, 1.807) is 18.2 Å². The van der Waals surface area contributed by atoms with Crippen LogP contribution in [0.1, 0.15) is 10.4 Å². The molecule has 2 heterocycles. The predicted octanol–water partition coefficient (Wildman–Crippen LogP) is -1.04. The van der Waals surface area contributed by atoms with Gasteiger partial charge in [-0.15, -0.1) is 0 Å². The van der Waals surface area contributed by atoms with E-state index in [2.05, 4.69) is 15.0 Å². The van der Waals surface area contributed by atoms with Gasteiger partial charge in [-0.1, -0.05) is 6.07 Å². The number of carbonyl (C=O) groups excluding carboxylic acids is 2. The van der Waals surface area contributed by atoms with Crippen LogP contribution in [-0.4, -0.2) is 46.1 Å². The van der Waals surface area contributed by atoms with Crippen LogP contribution in [-0.2, 0) is 9.53 Å². The van der Waals surface area contributed by atoms with Crippen molar-refractivity contribution in [1.82, 2.24) is 14.7 Å². The first kappa shape index (κ1) is 14.7. The summed E-state index contributed by atoms with van der Waals surface area (Å²) >= 11 is 0. The van der Waals surface area contributed by atoms with Crippen molar-refractivity contribution in [1.29, 1.82) is 0 Å². The van der Waals surface area contributed by atoms with Crippen LogP contribution in [0.5, 0.6) is 0 Å². The van der Waals surface area contributed by atoms with Gasteiger partial charge in [-0.25, -0.2) is 9.78 Å². The van der Waals surface area contributed by atoms with Crippen molar-refractivity contribution in [3.63, 3.8) is 0 Å². The van der Waals surface area contributed by atoms with E-state index in [-0.39, 0.29) is 12.1 Å². The van der Waals surface area contributed by atoms with E-state index in [1.807, 2.05) is 0 Å². The van der Waals surface area contributed by atoms with Crippen molar-refractivity contribution < 1.29 is 19.4 Å². The van der Waals surface area contributed by atoms with Crippen LogP contribution in [0.4, 0.5) is 0 Å². The molecule has 110 valence electrons. The number of rotatable bonds is 4. The second-order valence-corrected chi connectivity index (χ2v) is 4.15. The number of aliphatic hydroxyl groups excluding tert-OH is 1. The number of nitrogens with zero attached hydrogens (tertiary/aromatic N) is 2. The lowest BCUT2D eigenvalue weighted by Crippen LogP contribution is -2.39. The number of methoxy groups -OCH3 is 1. The molecule has 8 nitrogen and oxygen atoms in total. The van der Waals surface area contributed by atoms with Gasteiger partial charge in [0.05, 0.1) is 13.7 Å². The van der Waals surface area contributed by atoms with Crippen molar-refractivity contribution in [3.8, 4) is 0 Å². The number of aliphatic hydroxyl groups is 1. The molecule has 21 heavy (non-hydrogen) atoms. The van der Waals surface area contributed by atoms with Gasteiger partial charge < -0.3 is 15.2 Å². The molecule has 0 bridgehead atoms. The molecular weight excluding hydrogens is 278 g/mol. The van der Waals surface area contributed by atoms with Gasteiger partial charge in [0, 0.05) is 12.4 Å². The first-order valence-electron chi connectivity index (χ1n) is 6.05. The predicted molar refractivity (Wildman–Crippen MR) is 71.8 cm³/mol. The van der Waals surface area contributed by atoms with Crippen LogP contribution in [0.15, 0.2) is 35.4 Å². The smallest absolute Gasteiger partial charge is 0.336 e. The molecule has 2 N–H and O–H groups in total. The summed E-state index contributed by atoms with van der Waals surface area (Å²) in [6, 6.07) is 4.98. The van der Waals surface area contributed by atoms with E-state index < -0.39 is 23.5 Å². The van der Waals surface area contributed by atoms with E-state index in [4.69, 9.17) is 0 Å². The quantitative estimate of drug-likeness (QED) is 0.696. The molecule has 2 rings (SSSR count). The Kier molecular flexibility index (Phi) is 4.29. The molecule has 1 amide bonds. The molecule has 0 saturated carbocycles. The SMILES string of the molecule is COC(=O)C(O)CNC(=O)c1cnc2ccccn2c1=O. The van der Waals surface area contributed by atoms with Crippen molar-refractivity contribution in [2.45, 2.75) is 6.10 Å². The number of hydrogen-bond acceptors (Lipinski definition) is 6. The molecule has 0 aliphatic carbocycles. The largest absolute Gasteiger partial charge is 0.467 e. The number of amides is 1. The monoisotopic (exact) mass is 291 g/mol. The molecule has 0 aromatic carbocycles. The molecule has 0 aliphatic heterocycles. The highest BCUT2D eigenvalue weighted by Crippen LogP contribution is 1.97. The van der Waals surface area contributed by atoms with Gasteiger partial charge in [-0.05, 0) is 12.1 Å². The van der Waals surface area contributed by atoms with Gasteiger partial charge in [-0.2, -0.15) is 0 Å². The highest BCUT2D eigenvalue weighted by atomic mass is 16.5. The molecule has 0 radical (unpaired) electrons. The number of fused-ring (bicyclic) bond motifs is 1. The minimum Gasteiger partial charge on any atom is -0.467 e. The molecule has 0 saturated heterocycles. The number of ether oxygens (including phenoxy) is 1. The zero-order chi connectivity index (χ0) is 15.4. The third-order valence-corrected chi connectivity index (χ3v) is 2.79. The Morgan fingerprint density at radius 2 is 2.24 bits per heavy atom. The Hall–Kier alpha value is -2.74. The van der Waals surface area contributed by atoms with E-state index in [0.717, 1.165) is 13.3 Å². The standard InChI is InChI=1S/C13H13N3O5/c1-21-13(20)9(17)7-15-11(18)8-6-14-10-4-2-3-5-16(10)12(8)19/h2-6,9,17H,7H2,1H3,(H,15,18).